The molecule has 1 rings (SSSR count). The maximum atomic E-state index is 12.9. The number of aliphatic carboxylic acids is 1. The van der Waals surface area contributed by atoms with Crippen LogP contribution in [-0.4, -0.2) is 29.1 Å². The van der Waals surface area contributed by atoms with Crippen molar-refractivity contribution in [2.45, 2.75) is 20.4 Å². The summed E-state index contributed by atoms with van der Waals surface area (Å²) in [5.41, 5.74) is 0.803. The topological polar surface area (TPSA) is 40.5 Å². The predicted octanol–water partition coefficient (Wildman–Crippen LogP) is 3.02. The van der Waals surface area contributed by atoms with Crippen LogP contribution in [0.15, 0.2) is 18.2 Å². The summed E-state index contributed by atoms with van der Waals surface area (Å²) in [6.07, 6.45) is 0. The van der Waals surface area contributed by atoms with Crippen LogP contribution in [0.5, 0.6) is 0 Å². The second-order valence-electron chi connectivity index (χ2n) is 4.30. The Bertz CT molecular complexity index is 425. The van der Waals surface area contributed by atoms with Crippen LogP contribution in [0.1, 0.15) is 19.4 Å². The zero-order chi connectivity index (χ0) is 13.7. The normalized spacial score (nSPS) is 12.7. The van der Waals surface area contributed by atoms with E-state index in [1.807, 2.05) is 11.8 Å². The van der Waals surface area contributed by atoms with Crippen LogP contribution in [0.2, 0.25) is 5.02 Å². The Balaban J connectivity index is 2.70. The predicted molar refractivity (Wildman–Crippen MR) is 69.2 cm³/mol. The molecule has 0 heterocycles. The van der Waals surface area contributed by atoms with Crippen molar-refractivity contribution >= 4 is 17.6 Å². The van der Waals surface area contributed by atoms with Gasteiger partial charge in [0.05, 0.1) is 5.92 Å². The molecule has 1 aromatic rings. The summed E-state index contributed by atoms with van der Waals surface area (Å²) in [5.74, 6) is -1.63. The molecule has 0 radical (unpaired) electrons. The number of benzene rings is 1. The Labute approximate surface area is 111 Å². The van der Waals surface area contributed by atoms with Gasteiger partial charge in [-0.15, -0.1) is 0 Å². The highest BCUT2D eigenvalue weighted by atomic mass is 35.5. The van der Waals surface area contributed by atoms with Crippen molar-refractivity contribution in [1.29, 1.82) is 0 Å². The second-order valence-corrected chi connectivity index (χ2v) is 4.71. The molecule has 5 heteroatoms. The minimum Gasteiger partial charge on any atom is -0.481 e. The van der Waals surface area contributed by atoms with Crippen LogP contribution in [0.3, 0.4) is 0 Å². The maximum Gasteiger partial charge on any atom is 0.307 e. The lowest BCUT2D eigenvalue weighted by molar-refractivity contribution is -0.141. The number of carbonyl (C=O) groups is 1. The third-order valence-corrected chi connectivity index (χ3v) is 3.16. The standard InChI is InChI=1S/C13H17ClFNO2/c1-3-16(7-9(2)13(17)18)8-10-4-5-11(15)6-12(10)14/h4-6,9H,3,7-8H2,1-2H3,(H,17,18). The van der Waals surface area contributed by atoms with Gasteiger partial charge < -0.3 is 5.11 Å². The van der Waals surface area contributed by atoms with Gasteiger partial charge in [-0.05, 0) is 24.2 Å². The Morgan fingerprint density at radius 2 is 2.22 bits per heavy atom. The summed E-state index contributed by atoms with van der Waals surface area (Å²) in [5, 5.41) is 9.25. The van der Waals surface area contributed by atoms with E-state index in [1.54, 1.807) is 13.0 Å². The zero-order valence-electron chi connectivity index (χ0n) is 10.5. The third-order valence-electron chi connectivity index (χ3n) is 2.81. The van der Waals surface area contributed by atoms with Gasteiger partial charge in [0, 0.05) is 18.1 Å². The molecule has 1 N–H and O–H groups in total. The molecule has 0 aliphatic heterocycles. The van der Waals surface area contributed by atoms with Crippen molar-refractivity contribution < 1.29 is 14.3 Å². The van der Waals surface area contributed by atoms with E-state index in [9.17, 15) is 9.18 Å². The van der Waals surface area contributed by atoms with E-state index in [2.05, 4.69) is 0 Å². The second kappa shape index (κ2) is 6.71. The van der Waals surface area contributed by atoms with E-state index in [-0.39, 0.29) is 5.82 Å². The summed E-state index contributed by atoms with van der Waals surface area (Å²) >= 11 is 5.95. The molecule has 0 aromatic heterocycles. The Kier molecular flexibility index (Phi) is 5.56. The summed E-state index contributed by atoms with van der Waals surface area (Å²) in [4.78, 5) is 12.8. The molecular weight excluding hydrogens is 257 g/mol. The first-order valence-corrected chi connectivity index (χ1v) is 6.21. The van der Waals surface area contributed by atoms with Gasteiger partial charge in [-0.25, -0.2) is 4.39 Å². The van der Waals surface area contributed by atoms with Gasteiger partial charge in [-0.1, -0.05) is 31.5 Å². The summed E-state index contributed by atoms with van der Waals surface area (Å²) < 4.78 is 12.9. The first-order valence-electron chi connectivity index (χ1n) is 5.83. The van der Waals surface area contributed by atoms with E-state index >= 15 is 0 Å². The van der Waals surface area contributed by atoms with E-state index in [4.69, 9.17) is 16.7 Å². The lowest BCUT2D eigenvalue weighted by Gasteiger charge is -2.23. The third kappa shape index (κ3) is 4.27. The van der Waals surface area contributed by atoms with Gasteiger partial charge in [0.15, 0.2) is 0 Å². The number of rotatable bonds is 6. The van der Waals surface area contributed by atoms with E-state index in [1.165, 1.54) is 12.1 Å². The van der Waals surface area contributed by atoms with Crippen LogP contribution in [0, 0.1) is 11.7 Å². The van der Waals surface area contributed by atoms with Crippen molar-refractivity contribution in [3.05, 3.63) is 34.6 Å². The van der Waals surface area contributed by atoms with Crippen molar-refractivity contribution in [1.82, 2.24) is 4.90 Å². The minimum absolute atomic E-state index is 0.370. The number of halogens is 2. The van der Waals surface area contributed by atoms with Crippen molar-refractivity contribution in [3.63, 3.8) is 0 Å². The van der Waals surface area contributed by atoms with Gasteiger partial charge in [-0.3, -0.25) is 9.69 Å². The zero-order valence-corrected chi connectivity index (χ0v) is 11.2. The van der Waals surface area contributed by atoms with Gasteiger partial charge in [0.25, 0.3) is 0 Å². The highest BCUT2D eigenvalue weighted by molar-refractivity contribution is 6.31. The van der Waals surface area contributed by atoms with Crippen LogP contribution < -0.4 is 0 Å². The number of carboxylic acid groups (broad SMARTS) is 1. The monoisotopic (exact) mass is 273 g/mol. The minimum atomic E-state index is -0.821. The highest BCUT2D eigenvalue weighted by Gasteiger charge is 2.16. The molecule has 1 aromatic carbocycles. The molecule has 1 atom stereocenters. The fourth-order valence-electron chi connectivity index (χ4n) is 1.66. The summed E-state index contributed by atoms with van der Waals surface area (Å²) in [6, 6.07) is 4.26. The quantitative estimate of drug-likeness (QED) is 0.866. The van der Waals surface area contributed by atoms with Crippen molar-refractivity contribution in [3.8, 4) is 0 Å². The van der Waals surface area contributed by atoms with Crippen LogP contribution in [-0.2, 0) is 11.3 Å². The fraction of sp³-hybridized carbons (Fsp3) is 0.462. The molecule has 3 nitrogen and oxygen atoms in total. The molecule has 0 fully saturated rings. The number of carboxylic acids is 1. The SMILES string of the molecule is CCN(Cc1ccc(F)cc1Cl)CC(C)C(=O)O. The van der Waals surface area contributed by atoms with E-state index < -0.39 is 11.9 Å². The highest BCUT2D eigenvalue weighted by Crippen LogP contribution is 2.19. The van der Waals surface area contributed by atoms with Gasteiger partial charge >= 0.3 is 5.97 Å². The molecule has 0 spiro atoms. The Hall–Kier alpha value is -1.13. The van der Waals surface area contributed by atoms with Crippen LogP contribution in [0.25, 0.3) is 0 Å². The largest absolute Gasteiger partial charge is 0.481 e. The molecule has 0 amide bonds. The van der Waals surface area contributed by atoms with Gasteiger partial charge in [0.2, 0.25) is 0 Å². The molecule has 0 saturated carbocycles. The van der Waals surface area contributed by atoms with E-state index in [0.717, 1.165) is 5.56 Å². The number of nitrogens with zero attached hydrogens (tertiary/aromatic N) is 1. The molecular formula is C13H17ClFNO2. The fourth-order valence-corrected chi connectivity index (χ4v) is 1.89. The first-order chi connectivity index (χ1) is 8.43. The summed E-state index contributed by atoms with van der Waals surface area (Å²) in [6.45, 7) is 5.29. The van der Waals surface area contributed by atoms with Crippen LogP contribution >= 0.6 is 11.6 Å². The molecule has 18 heavy (non-hydrogen) atoms. The van der Waals surface area contributed by atoms with Crippen molar-refractivity contribution in [2.24, 2.45) is 5.92 Å². The number of hydrogen-bond acceptors (Lipinski definition) is 2. The molecule has 0 saturated heterocycles. The van der Waals surface area contributed by atoms with Gasteiger partial charge in [0.1, 0.15) is 5.82 Å². The Morgan fingerprint density at radius 1 is 1.56 bits per heavy atom. The molecule has 0 aliphatic carbocycles. The molecule has 0 aliphatic rings. The lowest BCUT2D eigenvalue weighted by Crippen LogP contribution is -2.31. The van der Waals surface area contributed by atoms with Crippen molar-refractivity contribution in [2.75, 3.05) is 13.1 Å². The smallest absolute Gasteiger partial charge is 0.307 e. The molecule has 1 unspecified atom stereocenters. The number of hydrogen-bond donors (Lipinski definition) is 1. The maximum absolute atomic E-state index is 12.9. The molecule has 100 valence electrons. The van der Waals surface area contributed by atoms with E-state index in [0.29, 0.717) is 24.7 Å². The van der Waals surface area contributed by atoms with Gasteiger partial charge in [-0.2, -0.15) is 0 Å². The van der Waals surface area contributed by atoms with Crippen LogP contribution in [0.4, 0.5) is 4.39 Å². The summed E-state index contributed by atoms with van der Waals surface area (Å²) in [7, 11) is 0. The Morgan fingerprint density at radius 3 is 2.72 bits per heavy atom. The average molecular weight is 274 g/mol. The lowest BCUT2D eigenvalue weighted by atomic mass is 10.1. The average Bonchev–Trinajstić information content (AvgIpc) is 2.31. The first kappa shape index (κ1) is 14.9. The molecule has 0 bridgehead atoms.